The van der Waals surface area contributed by atoms with Crippen LogP contribution in [0.2, 0.25) is 0 Å². The van der Waals surface area contributed by atoms with Gasteiger partial charge in [0.25, 0.3) is 0 Å². The van der Waals surface area contributed by atoms with Crippen LogP contribution in [0.1, 0.15) is 52.5 Å². The molecule has 9 heteroatoms. The number of benzene rings is 2. The third kappa shape index (κ3) is 7.71. The number of azo groups is 2. The molecular formula is C31H43N9+2. The Bertz CT molecular complexity index is 1230. The lowest BCUT2D eigenvalue weighted by Gasteiger charge is -2.06. The average molecular weight is 542 g/mol. The molecule has 0 atom stereocenters. The van der Waals surface area contributed by atoms with E-state index < -0.39 is 0 Å². The molecule has 0 fully saturated rings. The van der Waals surface area contributed by atoms with Crippen LogP contribution in [-0.2, 0) is 32.6 Å². The third-order valence-electron chi connectivity index (χ3n) is 7.03. The summed E-state index contributed by atoms with van der Waals surface area (Å²) in [7, 11) is 0. The number of nitrogens with one attached hydrogen (secondary N) is 1. The Balaban J connectivity index is 1.16. The van der Waals surface area contributed by atoms with Crippen molar-refractivity contribution in [1.82, 2.24) is 9.13 Å². The van der Waals surface area contributed by atoms with Gasteiger partial charge in [-0.2, -0.15) is 0 Å². The van der Waals surface area contributed by atoms with Gasteiger partial charge in [0.15, 0.2) is 0 Å². The first-order chi connectivity index (χ1) is 19.6. The topological polar surface area (TPSA) is 79.1 Å². The Morgan fingerprint density at radius 3 is 1.65 bits per heavy atom. The molecule has 0 aliphatic heterocycles. The first-order valence-corrected chi connectivity index (χ1v) is 14.6. The van der Waals surface area contributed by atoms with Crippen LogP contribution in [0.25, 0.3) is 0 Å². The van der Waals surface area contributed by atoms with Gasteiger partial charge in [-0.25, -0.2) is 18.3 Å². The van der Waals surface area contributed by atoms with Gasteiger partial charge >= 0.3 is 11.9 Å². The highest BCUT2D eigenvalue weighted by molar-refractivity contribution is 5.50. The number of aryl methyl sites for hydroxylation is 5. The van der Waals surface area contributed by atoms with Crippen LogP contribution in [0.3, 0.4) is 0 Å². The molecule has 1 N–H and O–H groups in total. The molecule has 9 nitrogen and oxygen atoms in total. The van der Waals surface area contributed by atoms with Gasteiger partial charge in [-0.3, -0.25) is 0 Å². The van der Waals surface area contributed by atoms with E-state index in [-0.39, 0.29) is 0 Å². The Labute approximate surface area is 237 Å². The molecule has 0 bridgehead atoms. The summed E-state index contributed by atoms with van der Waals surface area (Å²) in [6.07, 6.45) is 12.7. The van der Waals surface area contributed by atoms with Crippen molar-refractivity contribution in [2.45, 2.75) is 79.6 Å². The number of aromatic nitrogens is 4. The Hall–Kier alpha value is -4.14. The number of unbranched alkanes of at least 4 members (excludes halogenated alkanes) is 2. The van der Waals surface area contributed by atoms with E-state index in [2.05, 4.69) is 121 Å². The van der Waals surface area contributed by atoms with Crippen molar-refractivity contribution in [1.29, 1.82) is 0 Å². The van der Waals surface area contributed by atoms with Crippen molar-refractivity contribution in [3.63, 3.8) is 0 Å². The van der Waals surface area contributed by atoms with E-state index in [1.807, 2.05) is 24.5 Å². The molecule has 4 rings (SSSR count). The molecule has 2 aromatic carbocycles. The maximum atomic E-state index is 4.50. The highest BCUT2D eigenvalue weighted by Gasteiger charge is 2.15. The Morgan fingerprint density at radius 1 is 0.625 bits per heavy atom. The molecule has 0 saturated heterocycles. The zero-order chi connectivity index (χ0) is 28.2. The molecule has 210 valence electrons. The summed E-state index contributed by atoms with van der Waals surface area (Å²) in [6.45, 7) is 12.9. The molecule has 0 unspecified atom stereocenters. The van der Waals surface area contributed by atoms with Gasteiger partial charge in [0.2, 0.25) is 0 Å². The maximum Gasteiger partial charge on any atom is 0.421 e. The Morgan fingerprint density at radius 2 is 1.15 bits per heavy atom. The molecule has 0 radical (unpaired) electrons. The molecule has 0 spiro atoms. The molecule has 0 saturated carbocycles. The molecule has 40 heavy (non-hydrogen) atoms. The smallest absolute Gasteiger partial charge is 0.385 e. The monoisotopic (exact) mass is 541 g/mol. The normalized spacial score (nSPS) is 11.7. The number of rotatable bonds is 15. The molecule has 2 aromatic heterocycles. The van der Waals surface area contributed by atoms with E-state index in [9.17, 15) is 0 Å². The fourth-order valence-electron chi connectivity index (χ4n) is 4.58. The van der Waals surface area contributed by atoms with E-state index >= 15 is 0 Å². The van der Waals surface area contributed by atoms with Gasteiger partial charge in [-0.05, 0) is 88.9 Å². The minimum Gasteiger partial charge on any atom is -0.385 e. The van der Waals surface area contributed by atoms with Crippen LogP contribution in [0.5, 0.6) is 0 Å². The highest BCUT2D eigenvalue weighted by Crippen LogP contribution is 2.20. The maximum absolute atomic E-state index is 4.50. The van der Waals surface area contributed by atoms with Crippen LogP contribution in [0, 0.1) is 0 Å². The molecule has 0 aliphatic carbocycles. The predicted octanol–water partition coefficient (Wildman–Crippen LogP) is 7.60. The largest absolute Gasteiger partial charge is 0.421 e. The minimum absolute atomic E-state index is 0.852. The van der Waals surface area contributed by atoms with E-state index in [0.717, 1.165) is 74.5 Å². The first kappa shape index (κ1) is 28.9. The molecular weight excluding hydrogens is 498 g/mol. The second-order valence-electron chi connectivity index (χ2n) is 9.69. The summed E-state index contributed by atoms with van der Waals surface area (Å²) in [5, 5.41) is 21.4. The number of hydrogen-bond donors (Lipinski definition) is 1. The summed E-state index contributed by atoms with van der Waals surface area (Å²) in [5.74, 6) is 1.75. The molecule has 0 amide bonds. The van der Waals surface area contributed by atoms with Crippen LogP contribution in [-0.4, -0.2) is 15.7 Å². The van der Waals surface area contributed by atoms with Crippen molar-refractivity contribution < 1.29 is 9.13 Å². The van der Waals surface area contributed by atoms with Crippen molar-refractivity contribution in [2.75, 3.05) is 11.9 Å². The molecule has 0 aliphatic rings. The number of hydrogen-bond acceptors (Lipinski definition) is 5. The highest BCUT2D eigenvalue weighted by atomic mass is 15.3. The zero-order valence-electron chi connectivity index (χ0n) is 24.4. The van der Waals surface area contributed by atoms with Gasteiger partial charge in [0, 0.05) is 22.5 Å². The van der Waals surface area contributed by atoms with Crippen molar-refractivity contribution in [2.24, 2.45) is 20.5 Å². The summed E-state index contributed by atoms with van der Waals surface area (Å²) >= 11 is 0. The van der Waals surface area contributed by atoms with E-state index in [1.54, 1.807) is 0 Å². The Kier molecular flexibility index (Phi) is 10.7. The second kappa shape index (κ2) is 14.9. The summed E-state index contributed by atoms with van der Waals surface area (Å²) < 4.78 is 8.40. The van der Waals surface area contributed by atoms with E-state index in [4.69, 9.17) is 0 Å². The predicted molar refractivity (Wildman–Crippen MR) is 159 cm³/mol. The van der Waals surface area contributed by atoms with Gasteiger partial charge in [0.05, 0.1) is 51.0 Å². The molecule has 2 heterocycles. The van der Waals surface area contributed by atoms with Crippen molar-refractivity contribution in [3.05, 3.63) is 78.9 Å². The van der Waals surface area contributed by atoms with E-state index in [0.29, 0.717) is 0 Å². The van der Waals surface area contributed by atoms with Crippen LogP contribution < -0.4 is 14.5 Å². The number of nitrogens with zero attached hydrogens (tertiary/aromatic N) is 8. The second-order valence-corrected chi connectivity index (χ2v) is 9.69. The standard InChI is InChI=1S/C31H42N9/c1-5-37-22-23-38(6-2)30(37)35-33-28-15-13-26(14-16-28)12-10-9-11-21-32-27-17-19-29(20-18-27)34-36-31-39(7-3)24-25-40(31)8-4/h13-20,22-25H,5-12,21H2,1-4H3/q+1/p+1. The number of imidazole rings is 2. The number of anilines is 1. The van der Waals surface area contributed by atoms with Gasteiger partial charge in [-0.1, -0.05) is 28.8 Å². The van der Waals surface area contributed by atoms with Crippen molar-refractivity contribution in [3.8, 4) is 0 Å². The zero-order valence-corrected chi connectivity index (χ0v) is 24.4. The van der Waals surface area contributed by atoms with Crippen molar-refractivity contribution >= 4 is 29.0 Å². The van der Waals surface area contributed by atoms with Gasteiger partial charge in [-0.15, -0.1) is 0 Å². The third-order valence-corrected chi connectivity index (χ3v) is 7.03. The summed E-state index contributed by atoms with van der Waals surface area (Å²) in [4.78, 5) is 0. The lowest BCUT2D eigenvalue weighted by molar-refractivity contribution is -0.680. The summed E-state index contributed by atoms with van der Waals surface area (Å²) in [6, 6.07) is 16.6. The first-order valence-electron chi connectivity index (χ1n) is 14.6. The lowest BCUT2D eigenvalue weighted by Crippen LogP contribution is -2.30. The lowest BCUT2D eigenvalue weighted by atomic mass is 10.1. The quantitative estimate of drug-likeness (QED) is 0.0938. The fraction of sp³-hybridized carbons (Fsp3) is 0.419. The average Bonchev–Trinajstić information content (AvgIpc) is 3.60. The van der Waals surface area contributed by atoms with Crippen LogP contribution >= 0.6 is 0 Å². The van der Waals surface area contributed by atoms with Crippen LogP contribution in [0.15, 0.2) is 93.8 Å². The minimum atomic E-state index is 0.852. The van der Waals surface area contributed by atoms with E-state index in [1.165, 1.54) is 18.4 Å². The van der Waals surface area contributed by atoms with Crippen LogP contribution in [0.4, 0.5) is 29.0 Å². The SMILES string of the molecule is CCn1cc[n+](CC)c1N=Nc1ccc(CCCCCNc2ccc(N=Nc3n(CC)cc[n+]3CC)cc2)cc1. The van der Waals surface area contributed by atoms with Gasteiger partial charge in [0.1, 0.15) is 11.4 Å². The molecule has 4 aromatic rings. The van der Waals surface area contributed by atoms with Gasteiger partial charge < -0.3 is 5.32 Å². The fourth-order valence-corrected chi connectivity index (χ4v) is 4.58. The summed E-state index contributed by atoms with van der Waals surface area (Å²) in [5.41, 5.74) is 4.18.